The van der Waals surface area contributed by atoms with Gasteiger partial charge in [0.25, 0.3) is 0 Å². The summed E-state index contributed by atoms with van der Waals surface area (Å²) >= 11 is 12.0. The normalized spacial score (nSPS) is 12.7. The molecule has 1 aromatic carbocycles. The van der Waals surface area contributed by atoms with Gasteiger partial charge in [0.2, 0.25) is 0 Å². The van der Waals surface area contributed by atoms with Crippen molar-refractivity contribution in [3.63, 3.8) is 0 Å². The fourth-order valence-corrected chi connectivity index (χ4v) is 2.10. The van der Waals surface area contributed by atoms with Crippen LogP contribution in [0, 0.1) is 6.92 Å². The summed E-state index contributed by atoms with van der Waals surface area (Å²) in [6, 6.07) is 7.19. The number of nitrogens with two attached hydrogens (primary N) is 1. The van der Waals surface area contributed by atoms with Crippen LogP contribution in [0.4, 0.5) is 0 Å². The molecule has 0 spiro atoms. The van der Waals surface area contributed by atoms with Crippen molar-refractivity contribution in [2.24, 2.45) is 5.73 Å². The first-order valence-electron chi connectivity index (χ1n) is 5.31. The van der Waals surface area contributed by atoms with E-state index >= 15 is 0 Å². The van der Waals surface area contributed by atoms with Crippen molar-refractivity contribution in [3.8, 4) is 0 Å². The van der Waals surface area contributed by atoms with Crippen LogP contribution in [0.15, 0.2) is 34.9 Å². The number of hydrogen-bond donors (Lipinski definition) is 1. The standard InChI is InChI=1S/C13H13Cl2NO/c1-8-4-10(7-17-8)13(16)6-9-5-11(14)2-3-12(9)15/h2-5,7,13H,6,16H2,1H3. The van der Waals surface area contributed by atoms with E-state index < -0.39 is 0 Å². The van der Waals surface area contributed by atoms with E-state index in [0.29, 0.717) is 16.5 Å². The summed E-state index contributed by atoms with van der Waals surface area (Å²) in [4.78, 5) is 0. The van der Waals surface area contributed by atoms with E-state index in [-0.39, 0.29) is 6.04 Å². The third kappa shape index (κ3) is 3.03. The Morgan fingerprint density at radius 3 is 2.71 bits per heavy atom. The van der Waals surface area contributed by atoms with Gasteiger partial charge in [-0.15, -0.1) is 0 Å². The van der Waals surface area contributed by atoms with E-state index in [9.17, 15) is 0 Å². The molecular formula is C13H13Cl2NO. The Bertz CT molecular complexity index is 522. The fourth-order valence-electron chi connectivity index (χ4n) is 1.71. The van der Waals surface area contributed by atoms with Crippen molar-refractivity contribution in [1.82, 2.24) is 0 Å². The third-order valence-corrected chi connectivity index (χ3v) is 3.23. The predicted molar refractivity (Wildman–Crippen MR) is 70.5 cm³/mol. The fraction of sp³-hybridized carbons (Fsp3) is 0.231. The largest absolute Gasteiger partial charge is 0.469 e. The summed E-state index contributed by atoms with van der Waals surface area (Å²) in [5.41, 5.74) is 8.02. The highest BCUT2D eigenvalue weighted by Gasteiger charge is 2.12. The Morgan fingerprint density at radius 2 is 2.06 bits per heavy atom. The number of hydrogen-bond acceptors (Lipinski definition) is 2. The Balaban J connectivity index is 2.18. The molecule has 0 bridgehead atoms. The SMILES string of the molecule is Cc1cc(C(N)Cc2cc(Cl)ccc2Cl)co1. The van der Waals surface area contributed by atoms with Crippen LogP contribution in [0.1, 0.15) is 22.9 Å². The molecule has 2 aromatic rings. The topological polar surface area (TPSA) is 39.2 Å². The highest BCUT2D eigenvalue weighted by atomic mass is 35.5. The molecule has 2 rings (SSSR count). The molecule has 90 valence electrons. The van der Waals surface area contributed by atoms with Gasteiger partial charge in [-0.1, -0.05) is 23.2 Å². The van der Waals surface area contributed by atoms with E-state index in [2.05, 4.69) is 0 Å². The molecule has 1 unspecified atom stereocenters. The Kier molecular flexibility index (Phi) is 3.77. The summed E-state index contributed by atoms with van der Waals surface area (Å²) in [7, 11) is 0. The smallest absolute Gasteiger partial charge is 0.101 e. The minimum atomic E-state index is -0.136. The molecule has 2 N–H and O–H groups in total. The van der Waals surface area contributed by atoms with Crippen LogP contribution < -0.4 is 5.73 Å². The predicted octanol–water partition coefficient (Wildman–Crippen LogP) is 4.14. The molecular weight excluding hydrogens is 257 g/mol. The molecule has 1 aromatic heterocycles. The van der Waals surface area contributed by atoms with Crippen molar-refractivity contribution in [2.45, 2.75) is 19.4 Å². The summed E-state index contributed by atoms with van der Waals surface area (Å²) in [6.45, 7) is 1.89. The average molecular weight is 270 g/mol. The van der Waals surface area contributed by atoms with Crippen LogP contribution in [0.3, 0.4) is 0 Å². The summed E-state index contributed by atoms with van der Waals surface area (Å²) < 4.78 is 5.24. The molecule has 0 aliphatic heterocycles. The molecule has 0 aliphatic carbocycles. The van der Waals surface area contributed by atoms with Gasteiger partial charge in [-0.05, 0) is 43.2 Å². The zero-order valence-electron chi connectivity index (χ0n) is 9.41. The second kappa shape index (κ2) is 5.13. The first-order chi connectivity index (χ1) is 8.06. The first-order valence-corrected chi connectivity index (χ1v) is 6.06. The molecule has 0 radical (unpaired) electrons. The van der Waals surface area contributed by atoms with Gasteiger partial charge in [-0.2, -0.15) is 0 Å². The second-order valence-corrected chi connectivity index (χ2v) is 4.88. The lowest BCUT2D eigenvalue weighted by molar-refractivity contribution is 0.528. The summed E-state index contributed by atoms with van der Waals surface area (Å²) in [6.07, 6.45) is 2.32. The van der Waals surface area contributed by atoms with Gasteiger partial charge in [-0.3, -0.25) is 0 Å². The van der Waals surface area contributed by atoms with E-state index in [1.807, 2.05) is 19.1 Å². The van der Waals surface area contributed by atoms with Gasteiger partial charge in [0.15, 0.2) is 0 Å². The van der Waals surface area contributed by atoms with Crippen molar-refractivity contribution in [1.29, 1.82) is 0 Å². The van der Waals surface area contributed by atoms with Crippen LogP contribution >= 0.6 is 23.2 Å². The maximum atomic E-state index is 6.10. The van der Waals surface area contributed by atoms with Crippen LogP contribution in [-0.4, -0.2) is 0 Å². The Hall–Kier alpha value is -0.960. The van der Waals surface area contributed by atoms with Crippen molar-refractivity contribution in [2.75, 3.05) is 0 Å². The minimum Gasteiger partial charge on any atom is -0.469 e. The molecule has 0 amide bonds. The van der Waals surface area contributed by atoms with Crippen LogP contribution in [-0.2, 0) is 6.42 Å². The van der Waals surface area contributed by atoms with Gasteiger partial charge in [0.05, 0.1) is 6.26 Å². The Morgan fingerprint density at radius 1 is 1.29 bits per heavy atom. The first kappa shape index (κ1) is 12.5. The van der Waals surface area contributed by atoms with Crippen molar-refractivity contribution in [3.05, 3.63) is 57.5 Å². The number of furan rings is 1. The van der Waals surface area contributed by atoms with Crippen molar-refractivity contribution < 1.29 is 4.42 Å². The summed E-state index contributed by atoms with van der Waals surface area (Å²) in [5.74, 6) is 0.854. The quantitative estimate of drug-likeness (QED) is 0.910. The highest BCUT2D eigenvalue weighted by Crippen LogP contribution is 2.25. The van der Waals surface area contributed by atoms with E-state index in [1.54, 1.807) is 18.4 Å². The molecule has 4 heteroatoms. The van der Waals surface area contributed by atoms with Gasteiger partial charge in [0.1, 0.15) is 5.76 Å². The average Bonchev–Trinajstić information content (AvgIpc) is 2.70. The number of halogens is 2. The van der Waals surface area contributed by atoms with E-state index in [4.69, 9.17) is 33.4 Å². The zero-order valence-corrected chi connectivity index (χ0v) is 10.9. The van der Waals surface area contributed by atoms with Gasteiger partial charge < -0.3 is 10.2 Å². The maximum absolute atomic E-state index is 6.10. The van der Waals surface area contributed by atoms with Crippen LogP contribution in [0.2, 0.25) is 10.0 Å². The van der Waals surface area contributed by atoms with Crippen molar-refractivity contribution >= 4 is 23.2 Å². The van der Waals surface area contributed by atoms with E-state index in [1.165, 1.54) is 0 Å². The number of benzene rings is 1. The number of rotatable bonds is 3. The molecule has 0 saturated carbocycles. The van der Waals surface area contributed by atoms with Crippen LogP contribution in [0.25, 0.3) is 0 Å². The molecule has 2 nitrogen and oxygen atoms in total. The lowest BCUT2D eigenvalue weighted by Gasteiger charge is -2.11. The molecule has 0 fully saturated rings. The second-order valence-electron chi connectivity index (χ2n) is 4.04. The third-order valence-electron chi connectivity index (χ3n) is 2.63. The molecule has 1 heterocycles. The molecule has 17 heavy (non-hydrogen) atoms. The lowest BCUT2D eigenvalue weighted by atomic mass is 10.0. The highest BCUT2D eigenvalue weighted by molar-refractivity contribution is 6.33. The van der Waals surface area contributed by atoms with E-state index in [0.717, 1.165) is 16.9 Å². The van der Waals surface area contributed by atoms with Gasteiger partial charge >= 0.3 is 0 Å². The minimum absolute atomic E-state index is 0.136. The molecule has 0 saturated heterocycles. The zero-order chi connectivity index (χ0) is 12.4. The monoisotopic (exact) mass is 269 g/mol. The lowest BCUT2D eigenvalue weighted by Crippen LogP contribution is -2.12. The molecule has 1 atom stereocenters. The Labute approximate surface area is 110 Å². The van der Waals surface area contributed by atoms with Gasteiger partial charge in [0, 0.05) is 21.7 Å². The summed E-state index contributed by atoms with van der Waals surface area (Å²) in [5, 5.41) is 1.35. The number of aryl methyl sites for hydroxylation is 1. The van der Waals surface area contributed by atoms with Crippen LogP contribution in [0.5, 0.6) is 0 Å². The maximum Gasteiger partial charge on any atom is 0.101 e. The molecule has 0 aliphatic rings. The van der Waals surface area contributed by atoms with Gasteiger partial charge in [-0.25, -0.2) is 0 Å².